The van der Waals surface area contributed by atoms with Crippen LogP contribution in [0.25, 0.3) is 11.4 Å². The van der Waals surface area contributed by atoms with Crippen LogP contribution in [0.1, 0.15) is 32.1 Å². The Balaban J connectivity index is 1.41. The van der Waals surface area contributed by atoms with Crippen molar-refractivity contribution in [3.63, 3.8) is 0 Å². The summed E-state index contributed by atoms with van der Waals surface area (Å²) in [6.07, 6.45) is 6.59. The standard InChI is InChI=1S/C20H28N4O2S/c1-25-17-7-6-15(14-18(17)26-2)19-21-20(27-22-19)24-12-8-16(9-13-24)23-10-4-3-5-11-23/h6-7,14,16H,3-5,8-13H2,1-2H3. The van der Waals surface area contributed by atoms with E-state index in [2.05, 4.69) is 14.2 Å². The van der Waals surface area contributed by atoms with Crippen molar-refractivity contribution in [2.75, 3.05) is 45.3 Å². The van der Waals surface area contributed by atoms with Crippen LogP contribution in [0.2, 0.25) is 0 Å². The number of hydrogen-bond donors (Lipinski definition) is 0. The average molecular weight is 389 g/mol. The molecule has 0 unspecified atom stereocenters. The van der Waals surface area contributed by atoms with Crippen LogP contribution >= 0.6 is 11.5 Å². The Morgan fingerprint density at radius 1 is 0.963 bits per heavy atom. The first-order chi connectivity index (χ1) is 13.3. The Kier molecular flexibility index (Phi) is 5.78. The summed E-state index contributed by atoms with van der Waals surface area (Å²) >= 11 is 1.49. The summed E-state index contributed by atoms with van der Waals surface area (Å²) in [7, 11) is 3.29. The molecule has 1 aromatic heterocycles. The van der Waals surface area contributed by atoms with Gasteiger partial charge in [-0.25, -0.2) is 0 Å². The highest BCUT2D eigenvalue weighted by atomic mass is 32.1. The monoisotopic (exact) mass is 388 g/mol. The number of benzene rings is 1. The molecular weight excluding hydrogens is 360 g/mol. The van der Waals surface area contributed by atoms with Crippen LogP contribution in [0.3, 0.4) is 0 Å². The van der Waals surface area contributed by atoms with E-state index in [1.165, 1.54) is 56.7 Å². The molecule has 3 heterocycles. The Morgan fingerprint density at radius 3 is 2.41 bits per heavy atom. The Bertz CT molecular complexity index is 752. The predicted octanol–water partition coefficient (Wildman–Crippen LogP) is 3.68. The van der Waals surface area contributed by atoms with Crippen LogP contribution in [0, 0.1) is 0 Å². The molecule has 0 radical (unpaired) electrons. The third-order valence-corrected chi connectivity index (χ3v) is 6.48. The largest absolute Gasteiger partial charge is 0.493 e. The molecule has 0 bridgehead atoms. The van der Waals surface area contributed by atoms with Crippen LogP contribution < -0.4 is 14.4 Å². The summed E-state index contributed by atoms with van der Waals surface area (Å²) in [5.41, 5.74) is 0.957. The smallest absolute Gasteiger partial charge is 0.205 e. The molecule has 2 aliphatic heterocycles. The molecule has 27 heavy (non-hydrogen) atoms. The van der Waals surface area contributed by atoms with Gasteiger partial charge >= 0.3 is 0 Å². The number of ether oxygens (including phenoxy) is 2. The first kappa shape index (κ1) is 18.5. The van der Waals surface area contributed by atoms with Gasteiger partial charge in [-0.05, 0) is 57.0 Å². The van der Waals surface area contributed by atoms with E-state index in [1.807, 2.05) is 18.2 Å². The molecule has 4 rings (SSSR count). The Labute approximate surface area is 165 Å². The molecule has 2 saturated heterocycles. The molecule has 146 valence electrons. The maximum Gasteiger partial charge on any atom is 0.205 e. The van der Waals surface area contributed by atoms with Crippen molar-refractivity contribution < 1.29 is 9.47 Å². The van der Waals surface area contributed by atoms with Crippen LogP contribution in [-0.4, -0.2) is 60.7 Å². The van der Waals surface area contributed by atoms with Crippen molar-refractivity contribution in [3.8, 4) is 22.9 Å². The van der Waals surface area contributed by atoms with Gasteiger partial charge in [0.05, 0.1) is 14.2 Å². The molecule has 6 nitrogen and oxygen atoms in total. The minimum Gasteiger partial charge on any atom is -0.493 e. The lowest BCUT2D eigenvalue weighted by Crippen LogP contribution is -2.46. The normalized spacial score (nSPS) is 19.3. The number of hydrogen-bond acceptors (Lipinski definition) is 7. The topological polar surface area (TPSA) is 50.7 Å². The van der Waals surface area contributed by atoms with E-state index in [4.69, 9.17) is 14.5 Å². The quantitative estimate of drug-likeness (QED) is 0.779. The van der Waals surface area contributed by atoms with E-state index >= 15 is 0 Å². The predicted molar refractivity (Wildman–Crippen MR) is 109 cm³/mol. The molecule has 0 N–H and O–H groups in total. The first-order valence-electron chi connectivity index (χ1n) is 9.83. The second-order valence-electron chi connectivity index (χ2n) is 7.29. The molecule has 0 saturated carbocycles. The van der Waals surface area contributed by atoms with E-state index in [1.54, 1.807) is 14.2 Å². The van der Waals surface area contributed by atoms with Gasteiger partial charge in [-0.1, -0.05) is 6.42 Å². The van der Waals surface area contributed by atoms with Crippen LogP contribution in [0.4, 0.5) is 5.13 Å². The molecule has 7 heteroatoms. The number of rotatable bonds is 5. The summed E-state index contributed by atoms with van der Waals surface area (Å²) in [6, 6.07) is 6.57. The SMILES string of the molecule is COc1ccc(-c2nsc(N3CCC(N4CCCCC4)CC3)n2)cc1OC. The maximum atomic E-state index is 5.40. The zero-order valence-electron chi connectivity index (χ0n) is 16.2. The fraction of sp³-hybridized carbons (Fsp3) is 0.600. The lowest BCUT2D eigenvalue weighted by atomic mass is 10.0. The van der Waals surface area contributed by atoms with Crippen molar-refractivity contribution in [1.82, 2.24) is 14.3 Å². The number of methoxy groups -OCH3 is 2. The maximum absolute atomic E-state index is 5.40. The third kappa shape index (κ3) is 4.04. The molecular formula is C20H28N4O2S. The van der Waals surface area contributed by atoms with Gasteiger partial charge in [-0.15, -0.1) is 0 Å². The number of piperidine rings is 2. The van der Waals surface area contributed by atoms with Crippen molar-refractivity contribution in [2.24, 2.45) is 0 Å². The van der Waals surface area contributed by atoms with Gasteiger partial charge in [-0.3, -0.25) is 0 Å². The molecule has 0 aliphatic carbocycles. The van der Waals surface area contributed by atoms with Crippen molar-refractivity contribution in [3.05, 3.63) is 18.2 Å². The number of likely N-dealkylation sites (tertiary alicyclic amines) is 1. The van der Waals surface area contributed by atoms with Gasteiger partial charge in [0.2, 0.25) is 5.13 Å². The second-order valence-corrected chi connectivity index (χ2v) is 8.02. The minimum absolute atomic E-state index is 0.702. The zero-order chi connectivity index (χ0) is 18.6. The molecule has 1 aromatic carbocycles. The third-order valence-electron chi connectivity index (χ3n) is 5.70. The number of anilines is 1. The van der Waals surface area contributed by atoms with Crippen LogP contribution in [-0.2, 0) is 0 Å². The molecule has 0 spiro atoms. The summed E-state index contributed by atoms with van der Waals surface area (Å²) in [4.78, 5) is 9.89. The summed E-state index contributed by atoms with van der Waals surface area (Å²) in [5, 5.41) is 1.02. The Hall–Kier alpha value is -1.86. The van der Waals surface area contributed by atoms with E-state index < -0.39 is 0 Å². The van der Waals surface area contributed by atoms with Crippen molar-refractivity contribution in [1.29, 1.82) is 0 Å². The fourth-order valence-corrected chi connectivity index (χ4v) is 4.88. The van der Waals surface area contributed by atoms with Gasteiger partial charge in [0, 0.05) is 36.2 Å². The minimum atomic E-state index is 0.702. The zero-order valence-corrected chi connectivity index (χ0v) is 17.0. The number of nitrogens with zero attached hydrogens (tertiary/aromatic N) is 4. The van der Waals surface area contributed by atoms with E-state index in [-0.39, 0.29) is 0 Å². The van der Waals surface area contributed by atoms with Gasteiger partial charge in [0.1, 0.15) is 0 Å². The van der Waals surface area contributed by atoms with Gasteiger partial charge in [0.15, 0.2) is 17.3 Å². The van der Waals surface area contributed by atoms with Gasteiger partial charge in [0.25, 0.3) is 0 Å². The van der Waals surface area contributed by atoms with Crippen LogP contribution in [0.15, 0.2) is 18.2 Å². The van der Waals surface area contributed by atoms with Gasteiger partial charge < -0.3 is 19.3 Å². The first-order valence-corrected chi connectivity index (χ1v) is 10.6. The van der Waals surface area contributed by atoms with E-state index in [0.29, 0.717) is 5.75 Å². The Morgan fingerprint density at radius 2 is 1.70 bits per heavy atom. The fourth-order valence-electron chi connectivity index (χ4n) is 4.14. The molecule has 2 aliphatic rings. The lowest BCUT2D eigenvalue weighted by Gasteiger charge is -2.40. The van der Waals surface area contributed by atoms with Crippen molar-refractivity contribution in [2.45, 2.75) is 38.1 Å². The summed E-state index contributed by atoms with van der Waals surface area (Å²) in [6.45, 7) is 4.71. The molecule has 2 fully saturated rings. The summed E-state index contributed by atoms with van der Waals surface area (Å²) < 4.78 is 15.3. The highest BCUT2D eigenvalue weighted by molar-refractivity contribution is 7.09. The molecule has 0 amide bonds. The van der Waals surface area contributed by atoms with Crippen molar-refractivity contribution >= 4 is 16.7 Å². The van der Waals surface area contributed by atoms with Crippen LogP contribution in [0.5, 0.6) is 11.5 Å². The average Bonchev–Trinajstić information content (AvgIpc) is 3.24. The molecule has 2 aromatic rings. The van der Waals surface area contributed by atoms with E-state index in [0.717, 1.165) is 41.4 Å². The lowest BCUT2D eigenvalue weighted by molar-refractivity contribution is 0.141. The van der Waals surface area contributed by atoms with E-state index in [9.17, 15) is 0 Å². The highest BCUT2D eigenvalue weighted by Crippen LogP contribution is 2.33. The molecule has 0 atom stereocenters. The highest BCUT2D eigenvalue weighted by Gasteiger charge is 2.27. The van der Waals surface area contributed by atoms with Gasteiger partial charge in [-0.2, -0.15) is 9.36 Å². The number of aromatic nitrogens is 2. The summed E-state index contributed by atoms with van der Waals surface area (Å²) in [5.74, 6) is 2.18. The second kappa shape index (κ2) is 8.44.